The van der Waals surface area contributed by atoms with Crippen LogP contribution in [0, 0.1) is 0 Å². The summed E-state index contributed by atoms with van der Waals surface area (Å²) in [6.45, 7) is 5.34. The Morgan fingerprint density at radius 3 is 3.07 bits per heavy atom. The van der Waals surface area contributed by atoms with Crippen molar-refractivity contribution in [3.05, 3.63) is 0 Å². The van der Waals surface area contributed by atoms with Crippen molar-refractivity contribution in [2.75, 3.05) is 26.2 Å². The van der Waals surface area contributed by atoms with Crippen molar-refractivity contribution >= 4 is 5.97 Å². The number of hydrogen-bond acceptors (Lipinski definition) is 3. The van der Waals surface area contributed by atoms with Crippen molar-refractivity contribution in [2.24, 2.45) is 0 Å². The fourth-order valence-corrected chi connectivity index (χ4v) is 1.84. The summed E-state index contributed by atoms with van der Waals surface area (Å²) in [5.41, 5.74) is 0. The molecule has 88 valence electrons. The van der Waals surface area contributed by atoms with E-state index in [0.29, 0.717) is 12.6 Å². The first kappa shape index (κ1) is 12.5. The molecule has 1 atom stereocenters. The van der Waals surface area contributed by atoms with Crippen molar-refractivity contribution in [1.29, 1.82) is 0 Å². The molecule has 1 saturated heterocycles. The van der Waals surface area contributed by atoms with Gasteiger partial charge in [-0.3, -0.25) is 9.69 Å². The molecule has 0 aromatic carbocycles. The largest absolute Gasteiger partial charge is 0.481 e. The fourth-order valence-electron chi connectivity index (χ4n) is 1.84. The van der Waals surface area contributed by atoms with Crippen LogP contribution >= 0.6 is 0 Å². The van der Waals surface area contributed by atoms with E-state index in [-0.39, 0.29) is 6.42 Å². The van der Waals surface area contributed by atoms with Gasteiger partial charge in [0.1, 0.15) is 0 Å². The Kier molecular flexibility index (Phi) is 5.65. The standard InChI is InChI=1S/C11H21NO3/c1-2-3-4-10-9-12(7-8-15-10)6-5-11(13)14/h10H,2-9H2,1H3,(H,13,14). The van der Waals surface area contributed by atoms with Gasteiger partial charge < -0.3 is 9.84 Å². The number of rotatable bonds is 6. The number of carboxylic acids is 1. The number of ether oxygens (including phenoxy) is 1. The second-order valence-electron chi connectivity index (χ2n) is 4.08. The lowest BCUT2D eigenvalue weighted by atomic mass is 10.1. The molecule has 1 unspecified atom stereocenters. The van der Waals surface area contributed by atoms with Crippen LogP contribution in [0.15, 0.2) is 0 Å². The molecule has 0 bridgehead atoms. The molecule has 0 aromatic rings. The second kappa shape index (κ2) is 6.80. The molecule has 4 nitrogen and oxygen atoms in total. The molecule has 0 aromatic heterocycles. The lowest BCUT2D eigenvalue weighted by Gasteiger charge is -2.32. The number of carboxylic acid groups (broad SMARTS) is 1. The molecule has 1 aliphatic heterocycles. The number of nitrogens with zero attached hydrogens (tertiary/aromatic N) is 1. The SMILES string of the molecule is CCCCC1CN(CCC(=O)O)CCO1. The van der Waals surface area contributed by atoms with Crippen LogP contribution in [-0.4, -0.2) is 48.3 Å². The zero-order valence-electron chi connectivity index (χ0n) is 9.45. The summed E-state index contributed by atoms with van der Waals surface area (Å²) in [5, 5.41) is 8.59. The first-order chi connectivity index (χ1) is 7.22. The molecule has 0 aliphatic carbocycles. The topological polar surface area (TPSA) is 49.8 Å². The zero-order valence-corrected chi connectivity index (χ0v) is 9.45. The molecule has 15 heavy (non-hydrogen) atoms. The minimum atomic E-state index is -0.716. The summed E-state index contributed by atoms with van der Waals surface area (Å²) in [7, 11) is 0. The Balaban J connectivity index is 2.19. The van der Waals surface area contributed by atoms with Gasteiger partial charge in [-0.2, -0.15) is 0 Å². The maximum Gasteiger partial charge on any atom is 0.304 e. The van der Waals surface area contributed by atoms with Gasteiger partial charge in [-0.25, -0.2) is 0 Å². The molecule has 1 aliphatic rings. The van der Waals surface area contributed by atoms with Crippen LogP contribution in [0.25, 0.3) is 0 Å². The van der Waals surface area contributed by atoms with E-state index in [1.807, 2.05) is 0 Å². The lowest BCUT2D eigenvalue weighted by molar-refractivity contribution is -0.137. The van der Waals surface area contributed by atoms with Crippen molar-refractivity contribution < 1.29 is 14.6 Å². The zero-order chi connectivity index (χ0) is 11.1. The van der Waals surface area contributed by atoms with E-state index in [0.717, 1.165) is 26.1 Å². The average Bonchev–Trinajstić information content (AvgIpc) is 2.24. The van der Waals surface area contributed by atoms with E-state index < -0.39 is 5.97 Å². The third-order valence-corrected chi connectivity index (χ3v) is 2.74. The molecule has 1 heterocycles. The Morgan fingerprint density at radius 2 is 2.40 bits per heavy atom. The van der Waals surface area contributed by atoms with E-state index in [1.165, 1.54) is 12.8 Å². The van der Waals surface area contributed by atoms with Gasteiger partial charge in [0.2, 0.25) is 0 Å². The predicted molar refractivity (Wildman–Crippen MR) is 58.0 cm³/mol. The van der Waals surface area contributed by atoms with E-state index in [1.54, 1.807) is 0 Å². The number of morpholine rings is 1. The Labute approximate surface area is 91.2 Å². The molecule has 0 saturated carbocycles. The Bertz CT molecular complexity index is 196. The van der Waals surface area contributed by atoms with Gasteiger partial charge in [0.25, 0.3) is 0 Å². The van der Waals surface area contributed by atoms with E-state index in [2.05, 4.69) is 11.8 Å². The van der Waals surface area contributed by atoms with Crippen molar-refractivity contribution in [3.8, 4) is 0 Å². The summed E-state index contributed by atoms with van der Waals surface area (Å²) in [4.78, 5) is 12.6. The molecule has 0 amide bonds. The predicted octanol–water partition coefficient (Wildman–Crippen LogP) is 1.35. The Morgan fingerprint density at radius 1 is 1.60 bits per heavy atom. The third-order valence-electron chi connectivity index (χ3n) is 2.74. The van der Waals surface area contributed by atoms with Gasteiger partial charge in [-0.05, 0) is 6.42 Å². The van der Waals surface area contributed by atoms with E-state index in [9.17, 15) is 4.79 Å². The highest BCUT2D eigenvalue weighted by molar-refractivity contribution is 5.66. The summed E-state index contributed by atoms with van der Waals surface area (Å²) in [6, 6.07) is 0. The summed E-state index contributed by atoms with van der Waals surface area (Å²) < 4.78 is 5.63. The second-order valence-corrected chi connectivity index (χ2v) is 4.08. The monoisotopic (exact) mass is 215 g/mol. The van der Waals surface area contributed by atoms with Gasteiger partial charge in [0.05, 0.1) is 19.1 Å². The average molecular weight is 215 g/mol. The van der Waals surface area contributed by atoms with E-state index >= 15 is 0 Å². The van der Waals surface area contributed by atoms with Crippen LogP contribution in [0.3, 0.4) is 0 Å². The van der Waals surface area contributed by atoms with Crippen LogP contribution < -0.4 is 0 Å². The Hall–Kier alpha value is -0.610. The summed E-state index contributed by atoms with van der Waals surface area (Å²) in [6.07, 6.45) is 4.03. The van der Waals surface area contributed by atoms with Crippen LogP contribution in [0.4, 0.5) is 0 Å². The summed E-state index contributed by atoms with van der Waals surface area (Å²) >= 11 is 0. The fraction of sp³-hybridized carbons (Fsp3) is 0.909. The van der Waals surface area contributed by atoms with Crippen molar-refractivity contribution in [2.45, 2.75) is 38.7 Å². The first-order valence-corrected chi connectivity index (χ1v) is 5.78. The molecule has 1 fully saturated rings. The van der Waals surface area contributed by atoms with Crippen LogP contribution in [-0.2, 0) is 9.53 Å². The minimum Gasteiger partial charge on any atom is -0.481 e. The molecular formula is C11H21NO3. The molecule has 1 N–H and O–H groups in total. The normalized spacial score (nSPS) is 22.9. The third kappa shape index (κ3) is 5.14. The van der Waals surface area contributed by atoms with Crippen LogP contribution in [0.5, 0.6) is 0 Å². The number of unbranched alkanes of at least 4 members (excludes halogenated alkanes) is 1. The highest BCUT2D eigenvalue weighted by Crippen LogP contribution is 2.11. The number of hydrogen-bond donors (Lipinski definition) is 1. The van der Waals surface area contributed by atoms with Crippen LogP contribution in [0.1, 0.15) is 32.6 Å². The molecule has 4 heteroatoms. The lowest BCUT2D eigenvalue weighted by Crippen LogP contribution is -2.43. The smallest absolute Gasteiger partial charge is 0.304 e. The molecule has 1 rings (SSSR count). The van der Waals surface area contributed by atoms with Crippen molar-refractivity contribution in [1.82, 2.24) is 4.90 Å². The maximum atomic E-state index is 10.4. The molecular weight excluding hydrogens is 194 g/mol. The van der Waals surface area contributed by atoms with Gasteiger partial charge in [0, 0.05) is 19.6 Å². The van der Waals surface area contributed by atoms with Gasteiger partial charge in [-0.1, -0.05) is 19.8 Å². The quantitative estimate of drug-likeness (QED) is 0.726. The minimum absolute atomic E-state index is 0.237. The first-order valence-electron chi connectivity index (χ1n) is 5.78. The molecule has 0 radical (unpaired) electrons. The van der Waals surface area contributed by atoms with Crippen molar-refractivity contribution in [3.63, 3.8) is 0 Å². The van der Waals surface area contributed by atoms with E-state index in [4.69, 9.17) is 9.84 Å². The maximum absolute atomic E-state index is 10.4. The van der Waals surface area contributed by atoms with Gasteiger partial charge in [0.15, 0.2) is 0 Å². The number of aliphatic carboxylic acids is 1. The van der Waals surface area contributed by atoms with Gasteiger partial charge in [-0.15, -0.1) is 0 Å². The van der Waals surface area contributed by atoms with Crippen LogP contribution in [0.2, 0.25) is 0 Å². The van der Waals surface area contributed by atoms with Gasteiger partial charge >= 0.3 is 5.97 Å². The summed E-state index contributed by atoms with van der Waals surface area (Å²) in [5.74, 6) is -0.716. The molecule has 0 spiro atoms. The highest BCUT2D eigenvalue weighted by Gasteiger charge is 2.19. The number of carbonyl (C=O) groups is 1. The highest BCUT2D eigenvalue weighted by atomic mass is 16.5.